The zero-order valence-corrected chi connectivity index (χ0v) is 12.9. The van der Waals surface area contributed by atoms with Gasteiger partial charge in [-0.05, 0) is 50.8 Å². The van der Waals surface area contributed by atoms with Crippen LogP contribution in [0.4, 0.5) is 0 Å². The molecular formula is C17H24O2. The third kappa shape index (κ3) is 1.98. The number of hydrogen-bond acceptors (Lipinski definition) is 2. The Kier molecular flexibility index (Phi) is 3.46. The number of benzene rings is 1. The predicted molar refractivity (Wildman–Crippen MR) is 78.0 cm³/mol. The van der Waals surface area contributed by atoms with E-state index in [9.17, 15) is 4.79 Å². The molecule has 1 aromatic carbocycles. The van der Waals surface area contributed by atoms with Crippen LogP contribution in [0.25, 0.3) is 0 Å². The van der Waals surface area contributed by atoms with Crippen LogP contribution in [0.3, 0.4) is 0 Å². The molecule has 2 atom stereocenters. The van der Waals surface area contributed by atoms with Crippen molar-refractivity contribution in [3.8, 4) is 5.75 Å². The smallest absolute Gasteiger partial charge is 0.144 e. The van der Waals surface area contributed by atoms with E-state index >= 15 is 0 Å². The Morgan fingerprint density at radius 2 is 1.89 bits per heavy atom. The summed E-state index contributed by atoms with van der Waals surface area (Å²) in [5.41, 5.74) is 4.33. The highest BCUT2D eigenvalue weighted by atomic mass is 16.5. The first kappa shape index (κ1) is 14.1. The molecule has 0 bridgehead atoms. The Bertz CT molecular complexity index is 531. The van der Waals surface area contributed by atoms with Crippen molar-refractivity contribution < 1.29 is 9.53 Å². The summed E-state index contributed by atoms with van der Waals surface area (Å²) >= 11 is 0. The molecule has 0 aromatic heterocycles. The Balaban J connectivity index is 2.69. The minimum Gasteiger partial charge on any atom is -0.486 e. The van der Waals surface area contributed by atoms with Gasteiger partial charge in [-0.25, -0.2) is 0 Å². The van der Waals surface area contributed by atoms with Crippen LogP contribution in [0.2, 0.25) is 0 Å². The summed E-state index contributed by atoms with van der Waals surface area (Å²) in [6, 6.07) is 2.18. The number of rotatable bonds is 3. The molecule has 0 aliphatic carbocycles. The van der Waals surface area contributed by atoms with Gasteiger partial charge in [0.1, 0.15) is 17.1 Å². The molecule has 2 unspecified atom stereocenters. The first-order chi connectivity index (χ1) is 8.85. The van der Waals surface area contributed by atoms with Crippen molar-refractivity contribution >= 4 is 5.78 Å². The van der Waals surface area contributed by atoms with Crippen LogP contribution in [0.1, 0.15) is 61.8 Å². The fraction of sp³-hybridized carbons (Fsp3) is 0.588. The first-order valence-electron chi connectivity index (χ1n) is 7.18. The highest BCUT2D eigenvalue weighted by Crippen LogP contribution is 2.50. The lowest BCUT2D eigenvalue weighted by atomic mass is 9.78. The van der Waals surface area contributed by atoms with Gasteiger partial charge in [-0.15, -0.1) is 0 Å². The molecule has 0 saturated carbocycles. The number of fused-ring (bicyclic) bond motifs is 1. The Morgan fingerprint density at radius 1 is 1.26 bits per heavy atom. The van der Waals surface area contributed by atoms with Crippen LogP contribution in [-0.4, -0.2) is 11.4 Å². The zero-order valence-electron chi connectivity index (χ0n) is 12.9. The first-order valence-corrected chi connectivity index (χ1v) is 7.18. The van der Waals surface area contributed by atoms with Crippen LogP contribution in [0.5, 0.6) is 5.75 Å². The number of carbonyl (C=O) groups is 1. The average Bonchev–Trinajstić information content (AvgIpc) is 2.70. The molecule has 0 fully saturated rings. The SMILES string of the molecule is CCC(=O)C1c2c(C)cc(C)c(C)c2OC1(C)CC. The van der Waals surface area contributed by atoms with Crippen molar-refractivity contribution in [3.63, 3.8) is 0 Å². The van der Waals surface area contributed by atoms with Gasteiger partial charge in [0, 0.05) is 12.0 Å². The lowest BCUT2D eigenvalue weighted by Crippen LogP contribution is -2.37. The predicted octanol–water partition coefficient (Wildman–Crippen LogP) is 4.24. The van der Waals surface area contributed by atoms with E-state index < -0.39 is 5.60 Å². The van der Waals surface area contributed by atoms with Gasteiger partial charge in [-0.3, -0.25) is 4.79 Å². The number of ether oxygens (including phenoxy) is 1. The summed E-state index contributed by atoms with van der Waals surface area (Å²) in [4.78, 5) is 12.4. The number of ketones is 1. The molecule has 1 aliphatic heterocycles. The fourth-order valence-electron chi connectivity index (χ4n) is 3.14. The maximum atomic E-state index is 12.4. The normalized spacial score (nSPS) is 25.1. The number of hydrogen-bond donors (Lipinski definition) is 0. The summed E-state index contributed by atoms with van der Waals surface area (Å²) in [5, 5.41) is 0. The summed E-state index contributed by atoms with van der Waals surface area (Å²) in [6.45, 7) is 12.4. The van der Waals surface area contributed by atoms with Crippen LogP contribution in [0, 0.1) is 20.8 Å². The number of Topliss-reactive ketones (excluding diaryl/α,β-unsaturated/α-hetero) is 1. The molecular weight excluding hydrogens is 236 g/mol. The largest absolute Gasteiger partial charge is 0.486 e. The lowest BCUT2D eigenvalue weighted by molar-refractivity contribution is -0.123. The molecule has 0 amide bonds. The van der Waals surface area contributed by atoms with Crippen LogP contribution < -0.4 is 4.74 Å². The minimum atomic E-state index is -0.390. The molecule has 2 rings (SSSR count). The van der Waals surface area contributed by atoms with E-state index in [2.05, 4.69) is 40.7 Å². The van der Waals surface area contributed by atoms with E-state index in [1.54, 1.807) is 0 Å². The molecule has 0 N–H and O–H groups in total. The topological polar surface area (TPSA) is 26.3 Å². The number of carbonyl (C=O) groups excluding carboxylic acids is 1. The van der Waals surface area contributed by atoms with E-state index in [0.29, 0.717) is 6.42 Å². The average molecular weight is 260 g/mol. The van der Waals surface area contributed by atoms with Crippen molar-refractivity contribution in [2.45, 2.75) is 65.9 Å². The standard InChI is InChI=1S/C17H24O2/c1-7-13(18)15-14-11(4)9-10(3)12(5)16(14)19-17(15,6)8-2/h9,15H,7-8H2,1-6H3. The third-order valence-corrected chi connectivity index (χ3v) is 4.64. The van der Waals surface area contributed by atoms with E-state index in [0.717, 1.165) is 17.7 Å². The highest BCUT2D eigenvalue weighted by Gasteiger charge is 2.48. The van der Waals surface area contributed by atoms with E-state index in [-0.39, 0.29) is 11.7 Å². The van der Waals surface area contributed by atoms with Gasteiger partial charge < -0.3 is 4.74 Å². The monoisotopic (exact) mass is 260 g/mol. The summed E-state index contributed by atoms with van der Waals surface area (Å²) in [5.74, 6) is 1.12. The second-order valence-electron chi connectivity index (χ2n) is 5.90. The van der Waals surface area contributed by atoms with E-state index in [4.69, 9.17) is 4.74 Å². The van der Waals surface area contributed by atoms with E-state index in [1.165, 1.54) is 16.7 Å². The van der Waals surface area contributed by atoms with Crippen molar-refractivity contribution in [2.24, 2.45) is 0 Å². The van der Waals surface area contributed by atoms with Gasteiger partial charge in [-0.1, -0.05) is 19.9 Å². The molecule has 1 heterocycles. The van der Waals surface area contributed by atoms with Gasteiger partial charge in [-0.2, -0.15) is 0 Å². The quantitative estimate of drug-likeness (QED) is 0.812. The second-order valence-corrected chi connectivity index (χ2v) is 5.90. The molecule has 19 heavy (non-hydrogen) atoms. The Morgan fingerprint density at radius 3 is 2.42 bits per heavy atom. The van der Waals surface area contributed by atoms with Crippen LogP contribution in [0.15, 0.2) is 6.07 Å². The van der Waals surface area contributed by atoms with Gasteiger partial charge >= 0.3 is 0 Å². The molecule has 1 aromatic rings. The highest BCUT2D eigenvalue weighted by molar-refractivity contribution is 5.89. The van der Waals surface area contributed by atoms with Gasteiger partial charge in [0.15, 0.2) is 0 Å². The van der Waals surface area contributed by atoms with Gasteiger partial charge in [0.05, 0.1) is 5.92 Å². The van der Waals surface area contributed by atoms with Crippen LogP contribution >= 0.6 is 0 Å². The Hall–Kier alpha value is -1.31. The molecule has 2 nitrogen and oxygen atoms in total. The van der Waals surface area contributed by atoms with Gasteiger partial charge in [0.2, 0.25) is 0 Å². The van der Waals surface area contributed by atoms with Crippen LogP contribution in [-0.2, 0) is 4.79 Å². The molecule has 0 spiro atoms. The van der Waals surface area contributed by atoms with Gasteiger partial charge in [0.25, 0.3) is 0 Å². The maximum absolute atomic E-state index is 12.4. The van der Waals surface area contributed by atoms with E-state index in [1.807, 2.05) is 6.92 Å². The van der Waals surface area contributed by atoms with Crippen molar-refractivity contribution in [1.82, 2.24) is 0 Å². The van der Waals surface area contributed by atoms with Crippen molar-refractivity contribution in [3.05, 3.63) is 28.3 Å². The minimum absolute atomic E-state index is 0.114. The van der Waals surface area contributed by atoms with Crippen molar-refractivity contribution in [2.75, 3.05) is 0 Å². The van der Waals surface area contributed by atoms with Crippen molar-refractivity contribution in [1.29, 1.82) is 0 Å². The molecule has 104 valence electrons. The Labute approximate surface area is 116 Å². The molecule has 2 heteroatoms. The summed E-state index contributed by atoms with van der Waals surface area (Å²) in [7, 11) is 0. The second kappa shape index (κ2) is 4.66. The summed E-state index contributed by atoms with van der Waals surface area (Å²) in [6.07, 6.45) is 1.41. The molecule has 0 saturated heterocycles. The maximum Gasteiger partial charge on any atom is 0.144 e. The fourth-order valence-corrected chi connectivity index (χ4v) is 3.14. The lowest BCUT2D eigenvalue weighted by Gasteiger charge is -2.28. The molecule has 1 aliphatic rings. The number of aryl methyl sites for hydroxylation is 2. The zero-order chi connectivity index (χ0) is 14.4. The third-order valence-electron chi connectivity index (χ3n) is 4.64. The summed E-state index contributed by atoms with van der Waals surface area (Å²) < 4.78 is 6.25. The molecule has 0 radical (unpaired) electrons.